The maximum absolute atomic E-state index is 13.2. The number of hydrogen-bond donors (Lipinski definition) is 1. The highest BCUT2D eigenvalue weighted by Crippen LogP contribution is 2.48. The largest absolute Gasteiger partial charge is 0.496 e. The van der Waals surface area contributed by atoms with E-state index in [1.807, 2.05) is 32.0 Å². The molecule has 0 fully saturated rings. The second-order valence-electron chi connectivity index (χ2n) is 9.02. The number of nitrogens with two attached hydrogens (primary N) is 1. The van der Waals surface area contributed by atoms with Crippen molar-refractivity contribution < 1.29 is 19.0 Å². The monoisotopic (exact) mass is 464 g/mol. The first-order chi connectivity index (χ1) is 15.7. The average Bonchev–Trinajstić information content (AvgIpc) is 2.76. The van der Waals surface area contributed by atoms with Crippen LogP contribution in [0, 0.1) is 16.7 Å². The molecule has 2 aromatic carbocycles. The summed E-state index contributed by atoms with van der Waals surface area (Å²) in [6.07, 6.45) is 0.958. The van der Waals surface area contributed by atoms with Gasteiger partial charge in [-0.05, 0) is 47.4 Å². The maximum Gasteiger partial charge on any atom is 0.205 e. The highest BCUT2D eigenvalue weighted by Gasteiger charge is 2.43. The molecular formula is C26H25ClN2O4. The number of allylic oxidation sites excluding steroid dienone is 3. The molecule has 1 heterocycles. The molecule has 170 valence electrons. The van der Waals surface area contributed by atoms with E-state index in [0.29, 0.717) is 40.7 Å². The number of ether oxygens (including phenoxy) is 3. The van der Waals surface area contributed by atoms with Gasteiger partial charge in [0.25, 0.3) is 0 Å². The van der Waals surface area contributed by atoms with Gasteiger partial charge in [-0.25, -0.2) is 0 Å². The van der Waals surface area contributed by atoms with E-state index in [-0.39, 0.29) is 29.3 Å². The van der Waals surface area contributed by atoms with Crippen LogP contribution < -0.4 is 15.2 Å². The third-order valence-electron chi connectivity index (χ3n) is 5.92. The highest BCUT2D eigenvalue weighted by atomic mass is 35.5. The summed E-state index contributed by atoms with van der Waals surface area (Å²) in [5.41, 5.74) is 8.17. The van der Waals surface area contributed by atoms with E-state index >= 15 is 0 Å². The fourth-order valence-corrected chi connectivity index (χ4v) is 4.53. The number of hydrogen-bond acceptors (Lipinski definition) is 6. The molecule has 0 aromatic heterocycles. The Morgan fingerprint density at radius 1 is 1.21 bits per heavy atom. The first-order valence-electron chi connectivity index (χ1n) is 10.6. The predicted octanol–water partition coefficient (Wildman–Crippen LogP) is 5.38. The number of methoxy groups -OCH3 is 1. The molecule has 0 radical (unpaired) electrons. The van der Waals surface area contributed by atoms with Gasteiger partial charge in [0.1, 0.15) is 35.5 Å². The lowest BCUT2D eigenvalue weighted by atomic mass is 9.70. The van der Waals surface area contributed by atoms with Crippen LogP contribution in [0.25, 0.3) is 0 Å². The summed E-state index contributed by atoms with van der Waals surface area (Å²) < 4.78 is 17.2. The van der Waals surface area contributed by atoms with Gasteiger partial charge in [0.15, 0.2) is 5.78 Å². The molecule has 1 aliphatic carbocycles. The van der Waals surface area contributed by atoms with E-state index in [2.05, 4.69) is 6.07 Å². The summed E-state index contributed by atoms with van der Waals surface area (Å²) in [6.45, 7) is 4.27. The van der Waals surface area contributed by atoms with Crippen LogP contribution in [0.2, 0.25) is 5.02 Å². The molecule has 0 bridgehead atoms. The van der Waals surface area contributed by atoms with E-state index in [1.165, 1.54) is 0 Å². The Hall–Kier alpha value is -3.43. The molecule has 2 aliphatic rings. The zero-order chi connectivity index (χ0) is 23.8. The number of carbonyl (C=O) groups excluding carboxylic acids is 1. The van der Waals surface area contributed by atoms with E-state index < -0.39 is 5.92 Å². The van der Waals surface area contributed by atoms with Gasteiger partial charge < -0.3 is 19.9 Å². The van der Waals surface area contributed by atoms with E-state index in [0.717, 1.165) is 11.1 Å². The van der Waals surface area contributed by atoms with Gasteiger partial charge in [-0.15, -0.1) is 0 Å². The smallest absolute Gasteiger partial charge is 0.205 e. The van der Waals surface area contributed by atoms with Gasteiger partial charge in [0, 0.05) is 29.0 Å². The Morgan fingerprint density at radius 3 is 2.61 bits per heavy atom. The number of Topliss-reactive ketones (excluding diaryl/α,β-unsaturated/α-hetero) is 1. The van der Waals surface area contributed by atoms with Gasteiger partial charge in [-0.1, -0.05) is 31.5 Å². The topological polar surface area (TPSA) is 94.6 Å². The van der Waals surface area contributed by atoms with Crippen LogP contribution in [0.3, 0.4) is 0 Å². The minimum absolute atomic E-state index is 0.0266. The van der Waals surface area contributed by atoms with Crippen molar-refractivity contribution >= 4 is 17.4 Å². The molecule has 7 heteroatoms. The van der Waals surface area contributed by atoms with Crippen LogP contribution in [0.1, 0.15) is 43.7 Å². The third kappa shape index (κ3) is 4.55. The van der Waals surface area contributed by atoms with E-state index in [9.17, 15) is 10.1 Å². The Kier molecular flexibility index (Phi) is 6.09. The number of benzene rings is 2. The Bertz CT molecular complexity index is 1210. The summed E-state index contributed by atoms with van der Waals surface area (Å²) in [5, 5.41) is 10.5. The van der Waals surface area contributed by atoms with Crippen LogP contribution >= 0.6 is 11.6 Å². The molecular weight excluding hydrogens is 440 g/mol. The van der Waals surface area contributed by atoms with Crippen molar-refractivity contribution in [2.75, 3.05) is 7.11 Å². The summed E-state index contributed by atoms with van der Waals surface area (Å²) in [7, 11) is 1.58. The maximum atomic E-state index is 13.2. The first-order valence-corrected chi connectivity index (χ1v) is 11.0. The first kappa shape index (κ1) is 22.8. The van der Waals surface area contributed by atoms with Crippen molar-refractivity contribution in [1.82, 2.24) is 0 Å². The summed E-state index contributed by atoms with van der Waals surface area (Å²) in [6, 6.07) is 14.8. The van der Waals surface area contributed by atoms with Crippen molar-refractivity contribution in [2.45, 2.75) is 39.2 Å². The molecule has 0 amide bonds. The molecule has 4 rings (SSSR count). The molecule has 6 nitrogen and oxygen atoms in total. The van der Waals surface area contributed by atoms with Crippen LogP contribution in [0.15, 0.2) is 65.3 Å². The van der Waals surface area contributed by atoms with Gasteiger partial charge >= 0.3 is 0 Å². The number of halogens is 1. The Balaban J connectivity index is 1.74. The van der Waals surface area contributed by atoms with E-state index in [1.54, 1.807) is 31.4 Å². The molecule has 33 heavy (non-hydrogen) atoms. The lowest BCUT2D eigenvalue weighted by molar-refractivity contribution is -0.119. The normalized spacial score (nSPS) is 19.5. The molecule has 0 spiro atoms. The van der Waals surface area contributed by atoms with Gasteiger partial charge in [0.05, 0.1) is 13.0 Å². The number of nitrogens with zero attached hydrogens (tertiary/aromatic N) is 1. The Morgan fingerprint density at radius 2 is 1.94 bits per heavy atom. The van der Waals surface area contributed by atoms with Gasteiger partial charge in [0.2, 0.25) is 5.88 Å². The zero-order valence-corrected chi connectivity index (χ0v) is 19.5. The molecule has 2 aromatic rings. The van der Waals surface area contributed by atoms with Crippen molar-refractivity contribution in [1.29, 1.82) is 5.26 Å². The highest BCUT2D eigenvalue weighted by molar-refractivity contribution is 6.30. The number of carbonyl (C=O) groups is 1. The SMILES string of the molecule is COc1ccc(C2C(C#N)=C(N)OC3=C2C(=O)CC(C)(C)C3)cc1COc1ccc(Cl)cc1. The minimum atomic E-state index is -0.595. The van der Waals surface area contributed by atoms with Crippen LogP contribution in [-0.4, -0.2) is 12.9 Å². The minimum Gasteiger partial charge on any atom is -0.496 e. The quantitative estimate of drug-likeness (QED) is 0.638. The molecule has 1 aliphatic heterocycles. The lowest BCUT2D eigenvalue weighted by Crippen LogP contribution is -2.33. The lowest BCUT2D eigenvalue weighted by Gasteiger charge is -2.37. The summed E-state index contributed by atoms with van der Waals surface area (Å²) in [5.74, 6) is 1.27. The van der Waals surface area contributed by atoms with E-state index in [4.69, 9.17) is 31.5 Å². The van der Waals surface area contributed by atoms with Crippen molar-refractivity contribution in [2.24, 2.45) is 11.1 Å². The van der Waals surface area contributed by atoms with Crippen LogP contribution in [0.4, 0.5) is 0 Å². The van der Waals surface area contributed by atoms with Gasteiger partial charge in [-0.2, -0.15) is 5.26 Å². The van der Waals surface area contributed by atoms with Crippen molar-refractivity contribution in [3.05, 3.63) is 81.4 Å². The molecule has 1 atom stereocenters. The molecule has 0 saturated carbocycles. The standard InChI is InChI=1S/C26H25ClN2O4/c1-26(2)11-20(30)24-22(12-26)33-25(29)19(13-28)23(24)15-4-9-21(31-3)16(10-15)14-32-18-7-5-17(27)6-8-18/h4-10,23H,11-12,14,29H2,1-3H3. The number of nitriles is 1. The molecule has 2 N–H and O–H groups in total. The van der Waals surface area contributed by atoms with Crippen molar-refractivity contribution in [3.8, 4) is 17.6 Å². The number of rotatable bonds is 5. The predicted molar refractivity (Wildman–Crippen MR) is 124 cm³/mol. The molecule has 0 saturated heterocycles. The second-order valence-corrected chi connectivity index (χ2v) is 9.45. The molecule has 1 unspecified atom stereocenters. The fraction of sp³-hybridized carbons (Fsp3) is 0.308. The number of ketones is 1. The summed E-state index contributed by atoms with van der Waals surface area (Å²) in [4.78, 5) is 13.2. The average molecular weight is 465 g/mol. The fourth-order valence-electron chi connectivity index (χ4n) is 4.40. The van der Waals surface area contributed by atoms with Crippen LogP contribution in [0.5, 0.6) is 11.5 Å². The van der Waals surface area contributed by atoms with Crippen molar-refractivity contribution in [3.63, 3.8) is 0 Å². The van der Waals surface area contributed by atoms with Crippen LogP contribution in [-0.2, 0) is 16.1 Å². The third-order valence-corrected chi connectivity index (χ3v) is 6.17. The Labute approximate surface area is 198 Å². The van der Waals surface area contributed by atoms with Gasteiger partial charge in [-0.3, -0.25) is 4.79 Å². The second kappa shape index (κ2) is 8.84. The summed E-state index contributed by atoms with van der Waals surface area (Å²) >= 11 is 5.95. The zero-order valence-electron chi connectivity index (χ0n) is 18.8.